The van der Waals surface area contributed by atoms with Crippen LogP contribution in [0.15, 0.2) is 18.2 Å². The highest BCUT2D eigenvalue weighted by Gasteiger charge is 2.28. The summed E-state index contributed by atoms with van der Waals surface area (Å²) in [5.74, 6) is 0.161. The lowest BCUT2D eigenvalue weighted by Crippen LogP contribution is -2.46. The number of amides is 2. The van der Waals surface area contributed by atoms with Gasteiger partial charge in [0.2, 0.25) is 11.8 Å². The Balaban J connectivity index is 1.47. The van der Waals surface area contributed by atoms with Crippen molar-refractivity contribution in [2.24, 2.45) is 5.92 Å². The number of nitrogens with one attached hydrogen (secondary N) is 2. The quantitative estimate of drug-likeness (QED) is 0.482. The van der Waals surface area contributed by atoms with E-state index in [9.17, 15) is 19.7 Å². The maximum absolute atomic E-state index is 12.7. The summed E-state index contributed by atoms with van der Waals surface area (Å²) in [7, 11) is 1.43. The summed E-state index contributed by atoms with van der Waals surface area (Å²) in [4.78, 5) is 37.9. The van der Waals surface area contributed by atoms with Crippen molar-refractivity contribution in [1.82, 2.24) is 10.2 Å². The van der Waals surface area contributed by atoms with Crippen molar-refractivity contribution in [1.29, 1.82) is 0 Å². The molecule has 3 rings (SSSR count). The van der Waals surface area contributed by atoms with Crippen molar-refractivity contribution in [3.8, 4) is 5.75 Å². The van der Waals surface area contributed by atoms with Crippen LogP contribution in [0.3, 0.4) is 0 Å². The Morgan fingerprint density at radius 1 is 1.19 bits per heavy atom. The number of ether oxygens (including phenoxy) is 1. The van der Waals surface area contributed by atoms with Gasteiger partial charge in [-0.15, -0.1) is 0 Å². The number of nitrogens with zero attached hydrogens (tertiary/aromatic N) is 2. The van der Waals surface area contributed by atoms with E-state index in [4.69, 9.17) is 4.74 Å². The second-order valence-electron chi connectivity index (χ2n) is 8.42. The van der Waals surface area contributed by atoms with Crippen LogP contribution in [0.1, 0.15) is 51.4 Å². The zero-order chi connectivity index (χ0) is 22.2. The SMILES string of the molecule is COc1ccc(NC(=O)CCN2CCCC(C(=O)NC3CCCCC3)C2)c([N+](=O)[O-])c1. The normalized spacial score (nSPS) is 20.1. The van der Waals surface area contributed by atoms with Gasteiger partial charge in [0.15, 0.2) is 0 Å². The maximum atomic E-state index is 12.7. The Hall–Kier alpha value is -2.68. The molecule has 0 spiro atoms. The number of likely N-dealkylation sites (tertiary alicyclic amines) is 1. The summed E-state index contributed by atoms with van der Waals surface area (Å²) in [5.41, 5.74) is -0.0516. The first-order valence-corrected chi connectivity index (χ1v) is 11.1. The fourth-order valence-electron chi connectivity index (χ4n) is 4.41. The Kier molecular flexibility index (Phi) is 8.22. The molecule has 2 N–H and O–H groups in total. The highest BCUT2D eigenvalue weighted by atomic mass is 16.6. The first-order chi connectivity index (χ1) is 15.0. The second-order valence-corrected chi connectivity index (χ2v) is 8.42. The summed E-state index contributed by atoms with van der Waals surface area (Å²) in [5, 5.41) is 17.1. The van der Waals surface area contributed by atoms with Crippen LogP contribution in [0, 0.1) is 16.0 Å². The van der Waals surface area contributed by atoms with Gasteiger partial charge in [-0.2, -0.15) is 0 Å². The smallest absolute Gasteiger partial charge is 0.296 e. The third-order valence-corrected chi connectivity index (χ3v) is 6.16. The molecule has 1 saturated heterocycles. The predicted molar refractivity (Wildman–Crippen MR) is 117 cm³/mol. The van der Waals surface area contributed by atoms with Crippen LogP contribution < -0.4 is 15.4 Å². The van der Waals surface area contributed by atoms with Crippen LogP contribution in [0.25, 0.3) is 0 Å². The summed E-state index contributed by atoms with van der Waals surface area (Å²) in [6.07, 6.45) is 7.77. The number of hydrogen-bond acceptors (Lipinski definition) is 6. The summed E-state index contributed by atoms with van der Waals surface area (Å²) in [6, 6.07) is 4.64. The Labute approximate surface area is 182 Å². The van der Waals surface area contributed by atoms with Crippen molar-refractivity contribution in [2.45, 2.75) is 57.4 Å². The number of benzene rings is 1. The van der Waals surface area contributed by atoms with Crippen molar-refractivity contribution in [3.05, 3.63) is 28.3 Å². The van der Waals surface area contributed by atoms with Crippen molar-refractivity contribution in [2.75, 3.05) is 32.1 Å². The fourth-order valence-corrected chi connectivity index (χ4v) is 4.41. The molecule has 1 saturated carbocycles. The Morgan fingerprint density at radius 3 is 2.68 bits per heavy atom. The van der Waals surface area contributed by atoms with Gasteiger partial charge < -0.3 is 20.3 Å². The number of rotatable bonds is 8. The van der Waals surface area contributed by atoms with E-state index in [1.807, 2.05) is 0 Å². The lowest BCUT2D eigenvalue weighted by Gasteiger charge is -2.33. The number of methoxy groups -OCH3 is 1. The number of anilines is 1. The molecule has 31 heavy (non-hydrogen) atoms. The molecule has 1 unspecified atom stereocenters. The number of piperidine rings is 1. The molecule has 9 nitrogen and oxygen atoms in total. The molecule has 2 fully saturated rings. The first kappa shape index (κ1) is 23.0. The van der Waals surface area contributed by atoms with Crippen LogP contribution in [0.2, 0.25) is 0 Å². The molecule has 1 heterocycles. The Morgan fingerprint density at radius 2 is 1.97 bits per heavy atom. The van der Waals surface area contributed by atoms with Crippen LogP contribution in [-0.4, -0.2) is 54.4 Å². The van der Waals surface area contributed by atoms with E-state index < -0.39 is 4.92 Å². The van der Waals surface area contributed by atoms with Crippen LogP contribution in [0.5, 0.6) is 5.75 Å². The van der Waals surface area contributed by atoms with Gasteiger partial charge >= 0.3 is 0 Å². The van der Waals surface area contributed by atoms with Gasteiger partial charge in [0, 0.05) is 25.6 Å². The number of carbonyl (C=O) groups is 2. The largest absolute Gasteiger partial charge is 0.496 e. The van der Waals surface area contributed by atoms with E-state index in [1.165, 1.54) is 38.5 Å². The average molecular weight is 433 g/mol. The van der Waals surface area contributed by atoms with Crippen molar-refractivity contribution < 1.29 is 19.2 Å². The van der Waals surface area contributed by atoms with E-state index in [1.54, 1.807) is 6.07 Å². The number of nitro groups is 1. The lowest BCUT2D eigenvalue weighted by atomic mass is 9.93. The molecular weight excluding hydrogens is 400 g/mol. The molecule has 9 heteroatoms. The van der Waals surface area contributed by atoms with Gasteiger partial charge in [-0.05, 0) is 44.4 Å². The zero-order valence-corrected chi connectivity index (χ0v) is 18.1. The topological polar surface area (TPSA) is 114 Å². The average Bonchev–Trinajstić information content (AvgIpc) is 2.78. The number of hydrogen-bond donors (Lipinski definition) is 2. The monoisotopic (exact) mass is 432 g/mol. The molecule has 1 aromatic rings. The zero-order valence-electron chi connectivity index (χ0n) is 18.1. The molecule has 0 radical (unpaired) electrons. The standard InChI is InChI=1S/C22H32N4O5/c1-31-18-9-10-19(20(14-18)26(29)30)24-21(27)11-13-25-12-5-6-16(15-25)22(28)23-17-7-3-2-4-8-17/h9-10,14,16-17H,2-8,11-13,15H2,1H3,(H,23,28)(H,24,27). The molecule has 0 bridgehead atoms. The lowest BCUT2D eigenvalue weighted by molar-refractivity contribution is -0.384. The van der Waals surface area contributed by atoms with Gasteiger partial charge in [0.05, 0.1) is 24.0 Å². The van der Waals surface area contributed by atoms with E-state index >= 15 is 0 Å². The van der Waals surface area contributed by atoms with Crippen molar-refractivity contribution >= 4 is 23.2 Å². The minimum atomic E-state index is -0.543. The summed E-state index contributed by atoms with van der Waals surface area (Å²) < 4.78 is 5.01. The third-order valence-electron chi connectivity index (χ3n) is 6.16. The molecule has 1 aliphatic carbocycles. The molecule has 1 aliphatic heterocycles. The molecule has 1 aromatic carbocycles. The van der Waals surface area contributed by atoms with Crippen LogP contribution >= 0.6 is 0 Å². The minimum absolute atomic E-state index is 0.0404. The molecule has 2 aliphatic rings. The fraction of sp³-hybridized carbons (Fsp3) is 0.636. The van der Waals surface area contributed by atoms with Crippen molar-refractivity contribution in [3.63, 3.8) is 0 Å². The second kappa shape index (κ2) is 11.1. The predicted octanol–water partition coefficient (Wildman–Crippen LogP) is 3.09. The van der Waals surface area contributed by atoms with E-state index in [0.717, 1.165) is 32.2 Å². The molecule has 1 atom stereocenters. The summed E-state index contributed by atoms with van der Waals surface area (Å²) in [6.45, 7) is 2.01. The van der Waals surface area contributed by atoms with E-state index in [2.05, 4.69) is 15.5 Å². The van der Waals surface area contributed by atoms with Crippen LogP contribution in [-0.2, 0) is 9.59 Å². The molecule has 0 aromatic heterocycles. The minimum Gasteiger partial charge on any atom is -0.496 e. The molecular formula is C22H32N4O5. The van der Waals surface area contributed by atoms with Gasteiger partial charge in [-0.3, -0.25) is 19.7 Å². The van der Waals surface area contributed by atoms with Gasteiger partial charge in [0.25, 0.3) is 5.69 Å². The Bertz CT molecular complexity index is 794. The number of carbonyl (C=O) groups excluding carboxylic acids is 2. The summed E-state index contributed by atoms with van der Waals surface area (Å²) >= 11 is 0. The number of nitro benzene ring substituents is 1. The van der Waals surface area contributed by atoms with Gasteiger partial charge in [-0.25, -0.2) is 0 Å². The maximum Gasteiger partial charge on any atom is 0.296 e. The highest BCUT2D eigenvalue weighted by Crippen LogP contribution is 2.29. The van der Waals surface area contributed by atoms with Gasteiger partial charge in [0.1, 0.15) is 11.4 Å². The van der Waals surface area contributed by atoms with E-state index in [-0.39, 0.29) is 35.5 Å². The first-order valence-electron chi connectivity index (χ1n) is 11.1. The highest BCUT2D eigenvalue weighted by molar-refractivity contribution is 5.93. The van der Waals surface area contributed by atoms with Crippen LogP contribution in [0.4, 0.5) is 11.4 Å². The molecule has 170 valence electrons. The third kappa shape index (κ3) is 6.65. The van der Waals surface area contributed by atoms with Gasteiger partial charge in [-0.1, -0.05) is 19.3 Å². The van der Waals surface area contributed by atoms with E-state index in [0.29, 0.717) is 24.9 Å². The molecule has 2 amide bonds.